The fourth-order valence-corrected chi connectivity index (χ4v) is 1.55. The van der Waals surface area contributed by atoms with Crippen LogP contribution in [0.25, 0.3) is 0 Å². The lowest BCUT2D eigenvalue weighted by Crippen LogP contribution is -2.29. The smallest absolute Gasteiger partial charge is 0.501 e. The molecule has 2 aromatic rings. The molecule has 3 N–H and O–H groups in total. The van der Waals surface area contributed by atoms with Crippen LogP contribution in [0.5, 0.6) is 17.2 Å². The fourth-order valence-electron chi connectivity index (χ4n) is 1.55. The summed E-state index contributed by atoms with van der Waals surface area (Å²) in [4.78, 5) is 0. The van der Waals surface area contributed by atoms with E-state index in [-0.39, 0.29) is 0 Å². The van der Waals surface area contributed by atoms with Crippen LogP contribution in [-0.2, 0) is 0 Å². The summed E-state index contributed by atoms with van der Waals surface area (Å²) in [6.45, 7) is 0.918. The van der Waals surface area contributed by atoms with Crippen LogP contribution in [0, 0.1) is 0 Å². The van der Waals surface area contributed by atoms with Crippen molar-refractivity contribution < 1.29 is 19.1 Å². The molecule has 0 aliphatic carbocycles. The summed E-state index contributed by atoms with van der Waals surface area (Å²) in [7, 11) is -1.37. The van der Waals surface area contributed by atoms with E-state index in [1.54, 1.807) is 36.4 Å². The van der Waals surface area contributed by atoms with Crippen molar-refractivity contribution in [3.63, 3.8) is 0 Å². The monoisotopic (exact) mass is 273 g/mol. The van der Waals surface area contributed by atoms with Crippen LogP contribution in [0.3, 0.4) is 0 Å². The maximum atomic E-state index is 9.67. The Labute approximate surface area is 118 Å². The molecule has 0 bridgehead atoms. The molecule has 0 aliphatic heterocycles. The molecule has 5 nitrogen and oxygen atoms in total. The van der Waals surface area contributed by atoms with Crippen LogP contribution < -0.4 is 19.8 Å². The van der Waals surface area contributed by atoms with E-state index in [0.717, 1.165) is 0 Å². The molecule has 0 aromatic heterocycles. The highest BCUT2D eigenvalue weighted by Gasteiger charge is 2.20. The van der Waals surface area contributed by atoms with Crippen molar-refractivity contribution in [2.75, 3.05) is 13.2 Å². The first-order valence-electron chi connectivity index (χ1n) is 6.27. The zero-order chi connectivity index (χ0) is 14.2. The molecule has 2 rings (SSSR count). The predicted octanol–water partition coefficient (Wildman–Crippen LogP) is 1.46. The summed E-state index contributed by atoms with van der Waals surface area (Å²) < 4.78 is 15.8. The Morgan fingerprint density at radius 3 is 2.00 bits per heavy atom. The van der Waals surface area contributed by atoms with Gasteiger partial charge >= 0.3 is 7.32 Å². The second-order valence-electron chi connectivity index (χ2n) is 3.96. The van der Waals surface area contributed by atoms with Gasteiger partial charge < -0.3 is 24.8 Å². The van der Waals surface area contributed by atoms with Crippen LogP contribution in [0.15, 0.2) is 54.6 Å². The van der Waals surface area contributed by atoms with E-state index in [0.29, 0.717) is 30.4 Å². The van der Waals surface area contributed by atoms with Gasteiger partial charge in [-0.1, -0.05) is 18.2 Å². The third-order valence-corrected chi connectivity index (χ3v) is 2.43. The third kappa shape index (κ3) is 4.49. The highest BCUT2D eigenvalue weighted by Crippen LogP contribution is 2.18. The van der Waals surface area contributed by atoms with Gasteiger partial charge in [0, 0.05) is 6.54 Å². The fraction of sp³-hybridized carbons (Fsp3) is 0.143. The lowest BCUT2D eigenvalue weighted by molar-refractivity contribution is 0.297. The molecule has 0 fully saturated rings. The van der Waals surface area contributed by atoms with Gasteiger partial charge in [-0.05, 0) is 36.4 Å². The first-order chi connectivity index (χ1) is 9.78. The van der Waals surface area contributed by atoms with Crippen molar-refractivity contribution in [3.05, 3.63) is 54.6 Å². The number of rotatable bonds is 7. The predicted molar refractivity (Wildman–Crippen MR) is 76.7 cm³/mol. The molecule has 0 aliphatic rings. The number of hydrogen-bond acceptors (Lipinski definition) is 5. The van der Waals surface area contributed by atoms with Gasteiger partial charge in [-0.2, -0.15) is 0 Å². The Hall–Kier alpha value is -2.18. The van der Waals surface area contributed by atoms with Gasteiger partial charge in [0.1, 0.15) is 23.9 Å². The Balaban J connectivity index is 1.86. The Bertz CT molecular complexity index is 506. The maximum absolute atomic E-state index is 9.67. The van der Waals surface area contributed by atoms with E-state index < -0.39 is 7.32 Å². The molecule has 0 unspecified atom stereocenters. The average molecular weight is 273 g/mol. The van der Waals surface area contributed by atoms with Gasteiger partial charge in [-0.15, -0.1) is 0 Å². The number of ether oxygens (including phenoxy) is 1. The summed E-state index contributed by atoms with van der Waals surface area (Å²) in [5, 5.41) is 9.67. The second-order valence-corrected chi connectivity index (χ2v) is 3.96. The van der Waals surface area contributed by atoms with Crippen molar-refractivity contribution >= 4 is 7.32 Å². The van der Waals surface area contributed by atoms with E-state index >= 15 is 0 Å². The zero-order valence-electron chi connectivity index (χ0n) is 10.9. The van der Waals surface area contributed by atoms with E-state index in [1.165, 1.54) is 0 Å². The normalized spacial score (nSPS) is 9.90. The van der Waals surface area contributed by atoms with Crippen LogP contribution >= 0.6 is 0 Å². The quantitative estimate of drug-likeness (QED) is 0.747. The summed E-state index contributed by atoms with van der Waals surface area (Å²) in [6, 6.07) is 15.8. The molecule has 104 valence electrons. The molecule has 0 spiro atoms. The minimum absolute atomic E-state index is 0.458. The summed E-state index contributed by atoms with van der Waals surface area (Å²) in [5.41, 5.74) is 5.35. The molecule has 0 amide bonds. The SMILES string of the molecule is NCCOc1ccc(OB(O)Oc2ccccc2)cc1. The average Bonchev–Trinajstić information content (AvgIpc) is 2.47. The van der Waals surface area contributed by atoms with E-state index in [4.69, 9.17) is 19.8 Å². The molecule has 6 heteroatoms. The van der Waals surface area contributed by atoms with Crippen molar-refractivity contribution in [1.82, 2.24) is 0 Å². The van der Waals surface area contributed by atoms with Crippen LogP contribution in [0.1, 0.15) is 0 Å². The van der Waals surface area contributed by atoms with Gasteiger partial charge in [0.25, 0.3) is 0 Å². The maximum Gasteiger partial charge on any atom is 0.785 e. The highest BCUT2D eigenvalue weighted by molar-refractivity contribution is 6.36. The van der Waals surface area contributed by atoms with Gasteiger partial charge in [0.15, 0.2) is 0 Å². The molecule has 0 heterocycles. The molecule has 0 atom stereocenters. The first kappa shape index (κ1) is 14.2. The van der Waals surface area contributed by atoms with Crippen LogP contribution in [0.2, 0.25) is 0 Å². The Morgan fingerprint density at radius 1 is 0.850 bits per heavy atom. The van der Waals surface area contributed by atoms with E-state index in [9.17, 15) is 5.02 Å². The number of hydrogen-bond donors (Lipinski definition) is 2. The number of para-hydroxylation sites is 1. The molecule has 0 saturated heterocycles. The number of nitrogens with two attached hydrogens (primary N) is 1. The molecule has 20 heavy (non-hydrogen) atoms. The number of benzene rings is 2. The van der Waals surface area contributed by atoms with Crippen molar-refractivity contribution in [2.24, 2.45) is 5.73 Å². The molecular weight excluding hydrogens is 257 g/mol. The largest absolute Gasteiger partial charge is 0.785 e. The lowest BCUT2D eigenvalue weighted by atomic mass is 10.2. The standard InChI is InChI=1S/C14H16BNO4/c16-10-11-18-12-6-8-14(9-7-12)20-15(17)19-13-4-2-1-3-5-13/h1-9,17H,10-11,16H2. The zero-order valence-corrected chi connectivity index (χ0v) is 10.9. The van der Waals surface area contributed by atoms with Gasteiger partial charge in [0.2, 0.25) is 0 Å². The minimum Gasteiger partial charge on any atom is -0.501 e. The first-order valence-corrected chi connectivity index (χ1v) is 6.27. The minimum atomic E-state index is -1.37. The molecule has 0 saturated carbocycles. The van der Waals surface area contributed by atoms with Crippen molar-refractivity contribution in [1.29, 1.82) is 0 Å². The van der Waals surface area contributed by atoms with Crippen LogP contribution in [-0.4, -0.2) is 25.5 Å². The lowest BCUT2D eigenvalue weighted by Gasteiger charge is -2.11. The van der Waals surface area contributed by atoms with Crippen LogP contribution in [0.4, 0.5) is 0 Å². The summed E-state index contributed by atoms with van der Waals surface area (Å²) >= 11 is 0. The second kappa shape index (κ2) is 7.42. The molecular formula is C14H16BNO4. The molecule has 0 radical (unpaired) electrons. The summed E-state index contributed by atoms with van der Waals surface area (Å²) in [5.74, 6) is 1.71. The van der Waals surface area contributed by atoms with Gasteiger partial charge in [0.05, 0.1) is 0 Å². The summed E-state index contributed by atoms with van der Waals surface area (Å²) in [6.07, 6.45) is 0. The van der Waals surface area contributed by atoms with E-state index in [1.807, 2.05) is 18.2 Å². The Kier molecular flexibility index (Phi) is 5.28. The van der Waals surface area contributed by atoms with Crippen molar-refractivity contribution in [3.8, 4) is 17.2 Å². The van der Waals surface area contributed by atoms with Gasteiger partial charge in [-0.25, -0.2) is 0 Å². The highest BCUT2D eigenvalue weighted by atomic mass is 16.7. The Morgan fingerprint density at radius 2 is 1.40 bits per heavy atom. The molecule has 2 aromatic carbocycles. The van der Waals surface area contributed by atoms with E-state index in [2.05, 4.69) is 0 Å². The van der Waals surface area contributed by atoms with Crippen molar-refractivity contribution in [2.45, 2.75) is 0 Å². The van der Waals surface area contributed by atoms with Gasteiger partial charge in [-0.3, -0.25) is 0 Å². The topological polar surface area (TPSA) is 73.9 Å². The third-order valence-electron chi connectivity index (χ3n) is 2.43.